The summed E-state index contributed by atoms with van der Waals surface area (Å²) in [6.07, 6.45) is 6.87. The molecule has 106 valence electrons. The van der Waals surface area contributed by atoms with Gasteiger partial charge in [-0.05, 0) is 63.8 Å². The zero-order chi connectivity index (χ0) is 13.7. The van der Waals surface area contributed by atoms with Gasteiger partial charge in [0.1, 0.15) is 5.75 Å². The number of benzene rings is 1. The summed E-state index contributed by atoms with van der Waals surface area (Å²) in [4.78, 5) is 0. The lowest BCUT2D eigenvalue weighted by molar-refractivity contribution is 0.242. The van der Waals surface area contributed by atoms with Gasteiger partial charge in [0.25, 0.3) is 0 Å². The van der Waals surface area contributed by atoms with Crippen LogP contribution in [0.25, 0.3) is 0 Å². The summed E-state index contributed by atoms with van der Waals surface area (Å²) >= 11 is 0. The minimum atomic E-state index is 0.248. The van der Waals surface area contributed by atoms with E-state index in [1.807, 2.05) is 0 Å². The second-order valence-electron chi connectivity index (χ2n) is 5.94. The van der Waals surface area contributed by atoms with Crippen LogP contribution in [0.5, 0.6) is 5.75 Å². The fourth-order valence-corrected chi connectivity index (χ4v) is 3.02. The average Bonchev–Trinajstić information content (AvgIpc) is 2.64. The van der Waals surface area contributed by atoms with Gasteiger partial charge in [0.2, 0.25) is 0 Å². The fourth-order valence-electron chi connectivity index (χ4n) is 3.02. The first-order valence-electron chi connectivity index (χ1n) is 7.63. The zero-order valence-corrected chi connectivity index (χ0v) is 12.5. The molecule has 2 rings (SSSR count). The van der Waals surface area contributed by atoms with Crippen LogP contribution in [0, 0.1) is 0 Å². The van der Waals surface area contributed by atoms with Gasteiger partial charge < -0.3 is 10.1 Å². The van der Waals surface area contributed by atoms with Gasteiger partial charge in [0, 0.05) is 6.04 Å². The van der Waals surface area contributed by atoms with Crippen LogP contribution in [0.4, 0.5) is 0 Å². The molecule has 1 aliphatic rings. The Morgan fingerprint density at radius 3 is 2.42 bits per heavy atom. The highest BCUT2D eigenvalue weighted by atomic mass is 16.5. The number of ether oxygens (including phenoxy) is 1. The molecular weight excluding hydrogens is 234 g/mol. The van der Waals surface area contributed by atoms with Crippen molar-refractivity contribution in [1.29, 1.82) is 0 Å². The molecule has 0 saturated heterocycles. The first-order valence-corrected chi connectivity index (χ1v) is 7.63. The van der Waals surface area contributed by atoms with E-state index in [-0.39, 0.29) is 6.10 Å². The minimum Gasteiger partial charge on any atom is -0.491 e. The van der Waals surface area contributed by atoms with Crippen LogP contribution in [0.3, 0.4) is 0 Å². The Hall–Kier alpha value is -1.02. The van der Waals surface area contributed by atoms with E-state index in [4.69, 9.17) is 4.74 Å². The van der Waals surface area contributed by atoms with Crippen LogP contribution in [0.2, 0.25) is 0 Å². The normalized spacial score (nSPS) is 24.2. The van der Waals surface area contributed by atoms with Crippen molar-refractivity contribution in [3.63, 3.8) is 0 Å². The predicted molar refractivity (Wildman–Crippen MR) is 80.9 cm³/mol. The smallest absolute Gasteiger partial charge is 0.119 e. The fraction of sp³-hybridized carbons (Fsp3) is 0.647. The molecule has 1 fully saturated rings. The summed E-state index contributed by atoms with van der Waals surface area (Å²) in [7, 11) is 2.09. The molecule has 1 aliphatic carbocycles. The lowest BCUT2D eigenvalue weighted by atomic mass is 9.90. The quantitative estimate of drug-likeness (QED) is 0.824. The number of nitrogens with one attached hydrogen (secondary N) is 1. The highest BCUT2D eigenvalue weighted by Crippen LogP contribution is 2.32. The van der Waals surface area contributed by atoms with Crippen molar-refractivity contribution < 1.29 is 4.74 Å². The van der Waals surface area contributed by atoms with Crippen molar-refractivity contribution in [3.05, 3.63) is 29.8 Å². The molecule has 0 bridgehead atoms. The second kappa shape index (κ2) is 6.95. The van der Waals surface area contributed by atoms with Gasteiger partial charge in [-0.2, -0.15) is 0 Å². The number of hydrogen-bond acceptors (Lipinski definition) is 2. The molecule has 2 heteroatoms. The molecule has 0 heterocycles. The molecule has 1 N–H and O–H groups in total. The van der Waals surface area contributed by atoms with Crippen molar-refractivity contribution in [3.8, 4) is 5.75 Å². The third kappa shape index (κ3) is 4.24. The van der Waals surface area contributed by atoms with Crippen LogP contribution < -0.4 is 10.1 Å². The van der Waals surface area contributed by atoms with Crippen molar-refractivity contribution in [2.24, 2.45) is 0 Å². The summed E-state index contributed by atoms with van der Waals surface area (Å²) in [6, 6.07) is 9.42. The Kier molecular flexibility index (Phi) is 5.26. The van der Waals surface area contributed by atoms with Crippen molar-refractivity contribution >= 4 is 0 Å². The summed E-state index contributed by atoms with van der Waals surface area (Å²) in [5.41, 5.74) is 1.47. The van der Waals surface area contributed by atoms with E-state index in [9.17, 15) is 0 Å². The average molecular weight is 261 g/mol. The Balaban J connectivity index is 2.03. The van der Waals surface area contributed by atoms with E-state index in [0.717, 1.165) is 5.75 Å². The zero-order valence-electron chi connectivity index (χ0n) is 12.5. The van der Waals surface area contributed by atoms with Gasteiger partial charge in [0.15, 0.2) is 0 Å². The van der Waals surface area contributed by atoms with Crippen molar-refractivity contribution in [2.75, 3.05) is 7.05 Å². The molecule has 0 amide bonds. The lowest BCUT2D eigenvalue weighted by Crippen LogP contribution is -2.25. The minimum absolute atomic E-state index is 0.248. The van der Waals surface area contributed by atoms with Gasteiger partial charge in [-0.1, -0.05) is 25.0 Å². The molecule has 1 aromatic rings. The summed E-state index contributed by atoms with van der Waals surface area (Å²) in [6.45, 7) is 4.13. The van der Waals surface area contributed by atoms with Gasteiger partial charge >= 0.3 is 0 Å². The monoisotopic (exact) mass is 261 g/mol. The van der Waals surface area contributed by atoms with E-state index in [0.29, 0.717) is 12.0 Å². The summed E-state index contributed by atoms with van der Waals surface area (Å²) in [5.74, 6) is 1.69. The van der Waals surface area contributed by atoms with Crippen molar-refractivity contribution in [1.82, 2.24) is 5.32 Å². The van der Waals surface area contributed by atoms with Gasteiger partial charge in [-0.15, -0.1) is 0 Å². The third-order valence-corrected chi connectivity index (χ3v) is 4.06. The Labute approximate surface area is 117 Å². The van der Waals surface area contributed by atoms with E-state index >= 15 is 0 Å². The van der Waals surface area contributed by atoms with Crippen LogP contribution in [0.1, 0.15) is 57.4 Å². The first kappa shape index (κ1) is 14.4. The highest BCUT2D eigenvalue weighted by molar-refractivity contribution is 5.29. The molecule has 1 aromatic carbocycles. The van der Waals surface area contributed by atoms with Crippen LogP contribution >= 0.6 is 0 Å². The summed E-state index contributed by atoms with van der Waals surface area (Å²) in [5, 5.41) is 3.46. The molecule has 0 aliphatic heterocycles. The van der Waals surface area contributed by atoms with E-state index < -0.39 is 0 Å². The molecule has 2 atom stereocenters. The van der Waals surface area contributed by atoms with E-state index in [2.05, 4.69) is 50.5 Å². The lowest BCUT2D eigenvalue weighted by Gasteiger charge is -2.20. The van der Waals surface area contributed by atoms with Gasteiger partial charge in [0.05, 0.1) is 6.10 Å². The first-order chi connectivity index (χ1) is 9.19. The molecule has 0 spiro atoms. The topological polar surface area (TPSA) is 21.3 Å². The maximum Gasteiger partial charge on any atom is 0.119 e. The molecule has 2 nitrogen and oxygen atoms in total. The largest absolute Gasteiger partial charge is 0.491 e. The van der Waals surface area contributed by atoms with Gasteiger partial charge in [-0.3, -0.25) is 0 Å². The summed E-state index contributed by atoms with van der Waals surface area (Å²) < 4.78 is 5.71. The Morgan fingerprint density at radius 2 is 1.79 bits per heavy atom. The van der Waals surface area contributed by atoms with E-state index in [1.54, 1.807) is 0 Å². The Morgan fingerprint density at radius 1 is 1.11 bits per heavy atom. The van der Waals surface area contributed by atoms with E-state index in [1.165, 1.54) is 37.7 Å². The van der Waals surface area contributed by atoms with Crippen LogP contribution in [0.15, 0.2) is 24.3 Å². The number of hydrogen-bond donors (Lipinski definition) is 1. The van der Waals surface area contributed by atoms with Crippen LogP contribution in [-0.2, 0) is 0 Å². The molecule has 2 unspecified atom stereocenters. The molecule has 0 radical (unpaired) electrons. The maximum absolute atomic E-state index is 5.71. The molecular formula is C17H27NO. The number of rotatable bonds is 4. The Bertz CT molecular complexity index is 371. The molecule has 1 saturated carbocycles. The van der Waals surface area contributed by atoms with Gasteiger partial charge in [-0.25, -0.2) is 0 Å². The third-order valence-electron chi connectivity index (χ3n) is 4.06. The predicted octanol–water partition coefficient (Wildman–Crippen LogP) is 4.11. The molecule has 19 heavy (non-hydrogen) atoms. The maximum atomic E-state index is 5.71. The molecule has 0 aromatic heterocycles. The van der Waals surface area contributed by atoms with Crippen molar-refractivity contribution in [2.45, 2.75) is 64.0 Å². The standard InChI is InChI=1S/C17H27NO/c1-13(2)19-17-10-8-14(9-11-17)15-6-4-5-7-16(12-15)18-3/h8-11,13,15-16,18H,4-7,12H2,1-3H3. The highest BCUT2D eigenvalue weighted by Gasteiger charge is 2.20. The second-order valence-corrected chi connectivity index (χ2v) is 5.94. The van der Waals surface area contributed by atoms with Crippen LogP contribution in [-0.4, -0.2) is 19.2 Å². The SMILES string of the molecule is CNC1CCCCC(c2ccc(OC(C)C)cc2)C1.